The minimum absolute atomic E-state index is 0.239. The zero-order chi connectivity index (χ0) is 15.4. The first kappa shape index (κ1) is 16.1. The maximum Gasteiger partial charge on any atom is 0.150 e. The van der Waals surface area contributed by atoms with Gasteiger partial charge >= 0.3 is 0 Å². The molecule has 1 aromatic carbocycles. The molecule has 1 aliphatic heterocycles. The fourth-order valence-corrected chi connectivity index (χ4v) is 3.10. The van der Waals surface area contributed by atoms with Crippen molar-refractivity contribution in [1.82, 2.24) is 4.90 Å². The van der Waals surface area contributed by atoms with Crippen LogP contribution in [0.25, 0.3) is 0 Å². The Balaban J connectivity index is 2.42. The van der Waals surface area contributed by atoms with E-state index in [1.54, 1.807) is 20.3 Å². The SMILES string of the molecule is CCN1CCCC1/N=C(\C)c1c(OC)ccc(Cl)c1OC. The molecule has 0 aromatic heterocycles. The molecule has 0 N–H and O–H groups in total. The van der Waals surface area contributed by atoms with Gasteiger partial charge in [0.25, 0.3) is 0 Å². The van der Waals surface area contributed by atoms with Crippen molar-refractivity contribution in [3.63, 3.8) is 0 Å². The second-order valence-electron chi connectivity index (χ2n) is 5.12. The molecule has 0 spiro atoms. The Morgan fingerprint density at radius 2 is 2.14 bits per heavy atom. The predicted molar refractivity (Wildman–Crippen MR) is 87.0 cm³/mol. The van der Waals surface area contributed by atoms with Gasteiger partial charge in [0.15, 0.2) is 0 Å². The van der Waals surface area contributed by atoms with Crippen LogP contribution in [-0.4, -0.2) is 44.1 Å². The summed E-state index contributed by atoms with van der Waals surface area (Å²) >= 11 is 6.23. The first-order valence-electron chi connectivity index (χ1n) is 7.31. The summed E-state index contributed by atoms with van der Waals surface area (Å²) in [4.78, 5) is 7.26. The quantitative estimate of drug-likeness (QED) is 0.779. The Morgan fingerprint density at radius 3 is 2.76 bits per heavy atom. The van der Waals surface area contributed by atoms with E-state index in [4.69, 9.17) is 26.1 Å². The summed E-state index contributed by atoms with van der Waals surface area (Å²) in [6.07, 6.45) is 2.53. The van der Waals surface area contributed by atoms with Crippen LogP contribution in [0.15, 0.2) is 17.1 Å². The number of ether oxygens (including phenoxy) is 2. The number of rotatable bonds is 5. The molecule has 1 heterocycles. The second-order valence-corrected chi connectivity index (χ2v) is 5.53. The van der Waals surface area contributed by atoms with Crippen LogP contribution < -0.4 is 9.47 Å². The lowest BCUT2D eigenvalue weighted by Crippen LogP contribution is -2.28. The van der Waals surface area contributed by atoms with Crippen molar-refractivity contribution >= 4 is 17.3 Å². The van der Waals surface area contributed by atoms with E-state index in [-0.39, 0.29) is 6.17 Å². The molecule has 1 aromatic rings. The van der Waals surface area contributed by atoms with Gasteiger partial charge in [0.05, 0.1) is 24.8 Å². The molecule has 5 heteroatoms. The summed E-state index contributed by atoms with van der Waals surface area (Å²) in [6, 6.07) is 3.63. The van der Waals surface area contributed by atoms with Gasteiger partial charge in [-0.05, 0) is 38.4 Å². The Hall–Kier alpha value is -1.26. The predicted octanol–water partition coefficient (Wildman–Crippen LogP) is 3.61. The Kier molecular flexibility index (Phi) is 5.48. The van der Waals surface area contributed by atoms with Crippen molar-refractivity contribution in [2.75, 3.05) is 27.3 Å². The van der Waals surface area contributed by atoms with Gasteiger partial charge in [0.1, 0.15) is 17.7 Å². The molecule has 2 rings (SSSR count). The number of benzene rings is 1. The van der Waals surface area contributed by atoms with Crippen molar-refractivity contribution in [2.45, 2.75) is 32.9 Å². The molecule has 0 bridgehead atoms. The number of hydrogen-bond donors (Lipinski definition) is 0. The Labute approximate surface area is 131 Å². The van der Waals surface area contributed by atoms with E-state index < -0.39 is 0 Å². The van der Waals surface area contributed by atoms with Crippen LogP contribution in [0.1, 0.15) is 32.3 Å². The summed E-state index contributed by atoms with van der Waals surface area (Å²) < 4.78 is 10.9. The average molecular weight is 311 g/mol. The van der Waals surface area contributed by atoms with Gasteiger partial charge < -0.3 is 9.47 Å². The third-order valence-corrected chi connectivity index (χ3v) is 4.23. The highest BCUT2D eigenvalue weighted by Gasteiger charge is 2.24. The third-order valence-electron chi connectivity index (χ3n) is 3.94. The van der Waals surface area contributed by atoms with Gasteiger partial charge in [0, 0.05) is 12.3 Å². The summed E-state index contributed by atoms with van der Waals surface area (Å²) in [5.41, 5.74) is 1.74. The second kappa shape index (κ2) is 7.14. The monoisotopic (exact) mass is 310 g/mol. The number of nitrogens with zero attached hydrogens (tertiary/aromatic N) is 2. The van der Waals surface area contributed by atoms with E-state index in [2.05, 4.69) is 11.8 Å². The molecule has 0 aliphatic carbocycles. The standard InChI is InChI=1S/C16H23ClN2O2/c1-5-19-10-6-7-14(19)18-11(2)15-13(20-3)9-8-12(17)16(15)21-4/h8-9,14H,5-7,10H2,1-4H3/b18-11+. The smallest absolute Gasteiger partial charge is 0.150 e. The number of likely N-dealkylation sites (tertiary alicyclic amines) is 1. The summed E-state index contributed by atoms with van der Waals surface area (Å²) in [5, 5.41) is 0.571. The molecule has 21 heavy (non-hydrogen) atoms. The molecule has 1 aliphatic rings. The van der Waals surface area contributed by atoms with E-state index in [0.717, 1.165) is 36.5 Å². The lowest BCUT2D eigenvalue weighted by Gasteiger charge is -2.21. The summed E-state index contributed by atoms with van der Waals surface area (Å²) in [7, 11) is 3.26. The van der Waals surface area contributed by atoms with E-state index in [1.807, 2.05) is 13.0 Å². The van der Waals surface area contributed by atoms with Crippen LogP contribution in [0.2, 0.25) is 5.02 Å². The van der Waals surface area contributed by atoms with E-state index >= 15 is 0 Å². The van der Waals surface area contributed by atoms with Crippen molar-refractivity contribution in [3.05, 3.63) is 22.7 Å². The molecule has 116 valence electrons. The zero-order valence-corrected chi connectivity index (χ0v) is 13.9. The first-order valence-corrected chi connectivity index (χ1v) is 7.69. The molecule has 1 atom stereocenters. The van der Waals surface area contributed by atoms with Gasteiger partial charge in [-0.1, -0.05) is 18.5 Å². The maximum absolute atomic E-state index is 6.23. The molecule has 0 saturated carbocycles. The topological polar surface area (TPSA) is 34.1 Å². The number of halogens is 1. The largest absolute Gasteiger partial charge is 0.496 e. The summed E-state index contributed by atoms with van der Waals surface area (Å²) in [5.74, 6) is 1.36. The van der Waals surface area contributed by atoms with Crippen molar-refractivity contribution in [1.29, 1.82) is 0 Å². The van der Waals surface area contributed by atoms with Gasteiger partial charge in [-0.25, -0.2) is 0 Å². The van der Waals surface area contributed by atoms with Crippen LogP contribution in [0.5, 0.6) is 11.5 Å². The highest BCUT2D eigenvalue weighted by atomic mass is 35.5. The van der Waals surface area contributed by atoms with Gasteiger partial charge in [-0.15, -0.1) is 0 Å². The zero-order valence-electron chi connectivity index (χ0n) is 13.1. The van der Waals surface area contributed by atoms with Gasteiger partial charge in [0.2, 0.25) is 0 Å². The molecule has 0 radical (unpaired) electrons. The normalized spacial score (nSPS) is 19.9. The molecule has 4 nitrogen and oxygen atoms in total. The minimum Gasteiger partial charge on any atom is -0.496 e. The third kappa shape index (κ3) is 3.33. The van der Waals surface area contributed by atoms with E-state index in [1.165, 1.54) is 6.42 Å². The van der Waals surface area contributed by atoms with E-state index in [0.29, 0.717) is 10.8 Å². The Bertz CT molecular complexity index is 531. The lowest BCUT2D eigenvalue weighted by atomic mass is 10.1. The Morgan fingerprint density at radius 1 is 1.38 bits per heavy atom. The van der Waals surface area contributed by atoms with Crippen LogP contribution in [0, 0.1) is 0 Å². The first-order chi connectivity index (χ1) is 10.1. The van der Waals surface area contributed by atoms with Crippen molar-refractivity contribution < 1.29 is 9.47 Å². The molecular weight excluding hydrogens is 288 g/mol. The lowest BCUT2D eigenvalue weighted by molar-refractivity contribution is 0.275. The fraction of sp³-hybridized carbons (Fsp3) is 0.562. The fourth-order valence-electron chi connectivity index (χ4n) is 2.86. The highest BCUT2D eigenvalue weighted by Crippen LogP contribution is 2.36. The van der Waals surface area contributed by atoms with E-state index in [9.17, 15) is 0 Å². The summed E-state index contributed by atoms with van der Waals surface area (Å²) in [6.45, 7) is 6.29. The van der Waals surface area contributed by atoms with Gasteiger partial charge in [-0.3, -0.25) is 9.89 Å². The van der Waals surface area contributed by atoms with Crippen molar-refractivity contribution in [3.8, 4) is 11.5 Å². The maximum atomic E-state index is 6.23. The number of methoxy groups -OCH3 is 2. The van der Waals surface area contributed by atoms with Crippen molar-refractivity contribution in [2.24, 2.45) is 4.99 Å². The van der Waals surface area contributed by atoms with Crippen LogP contribution in [0.4, 0.5) is 0 Å². The average Bonchev–Trinajstić information content (AvgIpc) is 2.93. The number of aliphatic imine (C=N–C) groups is 1. The highest BCUT2D eigenvalue weighted by molar-refractivity contribution is 6.33. The minimum atomic E-state index is 0.239. The van der Waals surface area contributed by atoms with Crippen LogP contribution in [0.3, 0.4) is 0 Å². The molecule has 1 saturated heterocycles. The molecular formula is C16H23ClN2O2. The van der Waals surface area contributed by atoms with Gasteiger partial charge in [-0.2, -0.15) is 0 Å². The van der Waals surface area contributed by atoms with Crippen LogP contribution in [-0.2, 0) is 0 Å². The molecule has 1 unspecified atom stereocenters. The number of hydrogen-bond acceptors (Lipinski definition) is 4. The van der Waals surface area contributed by atoms with Crippen LogP contribution >= 0.6 is 11.6 Å². The molecule has 0 amide bonds. The molecule has 1 fully saturated rings.